The van der Waals surface area contributed by atoms with Crippen molar-refractivity contribution in [3.05, 3.63) is 36.5 Å². The zero-order chi connectivity index (χ0) is 60.5. The summed E-state index contributed by atoms with van der Waals surface area (Å²) in [7, 11) is 1.25. The Balaban J connectivity index is 4.02. The summed E-state index contributed by atoms with van der Waals surface area (Å²) in [6.45, 7) is 4.68. The first-order valence-electron chi connectivity index (χ1n) is 36.9. The van der Waals surface area contributed by atoms with Gasteiger partial charge in [-0.2, -0.15) is 0 Å². The fraction of sp³-hybridized carbons (Fsp3) is 0.905. The van der Waals surface area contributed by atoms with Gasteiger partial charge in [-0.3, -0.25) is 9.36 Å². The van der Waals surface area contributed by atoms with Crippen molar-refractivity contribution in [2.24, 2.45) is 0 Å². The summed E-state index contributed by atoms with van der Waals surface area (Å²) in [4.78, 5) is 25.6. The van der Waals surface area contributed by atoms with Crippen LogP contribution in [0.5, 0.6) is 0 Å². The number of allylic oxidation sites excluding steroid dienone is 5. The fourth-order valence-corrected chi connectivity index (χ4v) is 12.1. The Hall–Kier alpha value is -1.28. The molecule has 0 radical (unpaired) electrons. The summed E-state index contributed by atoms with van der Waals surface area (Å²) < 4.78 is 23.4. The van der Waals surface area contributed by atoms with E-state index in [1.165, 1.54) is 315 Å². The summed E-state index contributed by atoms with van der Waals surface area (Å²) >= 11 is 0. The summed E-state index contributed by atoms with van der Waals surface area (Å²) in [5.41, 5.74) is 0. The second-order valence-electron chi connectivity index (χ2n) is 26.6. The van der Waals surface area contributed by atoms with Crippen LogP contribution in [0.15, 0.2) is 36.5 Å². The smallest absolute Gasteiger partial charge is 0.268 e. The summed E-state index contributed by atoms with van der Waals surface area (Å²) in [5, 5.41) is 13.9. The Kier molecular flexibility index (Phi) is 64.2. The third-order valence-electron chi connectivity index (χ3n) is 17.1. The molecular formula is C74H145N2O6P. The lowest BCUT2D eigenvalue weighted by atomic mass is 10.0. The van der Waals surface area contributed by atoms with E-state index in [-0.39, 0.29) is 12.5 Å². The van der Waals surface area contributed by atoms with E-state index in [1.807, 2.05) is 27.2 Å². The number of phosphoric acid groups is 1. The SMILES string of the molecule is CCCCCCCCCCCCCCCCCC/C=C/CC/C=C/CC/C=C/C(O)C(COP(=O)([O-])OCC[N+](C)(C)C)NC(=O)CCCCCCCCCCCCCCCCCCCCCCCCCCCCCCCCCCCCC. The number of hydrogen-bond acceptors (Lipinski definition) is 6. The summed E-state index contributed by atoms with van der Waals surface area (Å²) in [6, 6.07) is -0.910. The van der Waals surface area contributed by atoms with Crippen molar-refractivity contribution in [3.8, 4) is 0 Å². The summed E-state index contributed by atoms with van der Waals surface area (Å²) in [6.07, 6.45) is 87.3. The Bertz CT molecular complexity index is 1450. The molecule has 0 spiro atoms. The maximum Gasteiger partial charge on any atom is 0.268 e. The first-order chi connectivity index (χ1) is 40.5. The van der Waals surface area contributed by atoms with Crippen LogP contribution >= 0.6 is 7.82 Å². The van der Waals surface area contributed by atoms with Crippen molar-refractivity contribution < 1.29 is 32.9 Å². The minimum atomic E-state index is -4.62. The van der Waals surface area contributed by atoms with E-state index >= 15 is 0 Å². The van der Waals surface area contributed by atoms with Crippen LogP contribution in [0.25, 0.3) is 0 Å². The second kappa shape index (κ2) is 65.2. The van der Waals surface area contributed by atoms with Crippen molar-refractivity contribution in [1.82, 2.24) is 5.32 Å². The number of nitrogens with zero attached hydrogens (tertiary/aromatic N) is 1. The molecule has 492 valence electrons. The van der Waals surface area contributed by atoms with Crippen molar-refractivity contribution >= 4 is 13.7 Å². The number of aliphatic hydroxyl groups excluding tert-OH is 1. The quantitative estimate of drug-likeness (QED) is 0.0272. The van der Waals surface area contributed by atoms with Crippen LogP contribution in [0.4, 0.5) is 0 Å². The molecule has 0 aromatic rings. The summed E-state index contributed by atoms with van der Waals surface area (Å²) in [5.74, 6) is -0.203. The van der Waals surface area contributed by atoms with Gasteiger partial charge in [-0.15, -0.1) is 0 Å². The molecule has 0 saturated heterocycles. The number of unbranched alkanes of at least 4 members (excludes halogenated alkanes) is 52. The van der Waals surface area contributed by atoms with Gasteiger partial charge in [-0.05, 0) is 44.9 Å². The topological polar surface area (TPSA) is 108 Å². The average molecular weight is 1190 g/mol. The van der Waals surface area contributed by atoms with Gasteiger partial charge in [-0.1, -0.05) is 365 Å². The largest absolute Gasteiger partial charge is 0.756 e. The number of hydrogen-bond donors (Lipinski definition) is 2. The number of aliphatic hydroxyl groups is 1. The van der Waals surface area contributed by atoms with Gasteiger partial charge >= 0.3 is 0 Å². The number of phosphoric ester groups is 1. The molecule has 0 aromatic heterocycles. The van der Waals surface area contributed by atoms with Gasteiger partial charge in [-0.25, -0.2) is 0 Å². The number of amides is 1. The minimum absolute atomic E-state index is 0.00704. The van der Waals surface area contributed by atoms with E-state index in [1.54, 1.807) is 6.08 Å². The maximum absolute atomic E-state index is 13.0. The van der Waals surface area contributed by atoms with E-state index in [2.05, 4.69) is 43.5 Å². The molecule has 0 bridgehead atoms. The highest BCUT2D eigenvalue weighted by molar-refractivity contribution is 7.45. The van der Waals surface area contributed by atoms with Crippen molar-refractivity contribution in [1.29, 1.82) is 0 Å². The zero-order valence-corrected chi connectivity index (χ0v) is 57.3. The molecule has 0 fully saturated rings. The van der Waals surface area contributed by atoms with Gasteiger partial charge in [0, 0.05) is 6.42 Å². The predicted molar refractivity (Wildman–Crippen MR) is 362 cm³/mol. The highest BCUT2D eigenvalue weighted by Gasteiger charge is 2.23. The van der Waals surface area contributed by atoms with Crippen LogP contribution in [0.2, 0.25) is 0 Å². The Labute approximate surface area is 518 Å². The third kappa shape index (κ3) is 68.1. The van der Waals surface area contributed by atoms with Crippen LogP contribution in [0, 0.1) is 0 Å². The lowest BCUT2D eigenvalue weighted by molar-refractivity contribution is -0.870. The molecule has 0 aliphatic rings. The first kappa shape index (κ1) is 81.7. The molecule has 9 heteroatoms. The minimum Gasteiger partial charge on any atom is -0.756 e. The van der Waals surface area contributed by atoms with Gasteiger partial charge < -0.3 is 28.8 Å². The monoisotopic (exact) mass is 1190 g/mol. The molecule has 3 atom stereocenters. The molecule has 2 N–H and O–H groups in total. The average Bonchev–Trinajstić information content (AvgIpc) is 3.49. The normalized spacial score (nSPS) is 13.8. The molecular weight excluding hydrogens is 1040 g/mol. The van der Waals surface area contributed by atoms with Crippen LogP contribution in [-0.4, -0.2) is 68.5 Å². The van der Waals surface area contributed by atoms with Crippen molar-refractivity contribution in [3.63, 3.8) is 0 Å². The van der Waals surface area contributed by atoms with Gasteiger partial charge in [0.25, 0.3) is 7.82 Å². The van der Waals surface area contributed by atoms with E-state index in [0.717, 1.165) is 44.9 Å². The van der Waals surface area contributed by atoms with Crippen molar-refractivity contribution in [2.45, 2.75) is 392 Å². The Morgan fingerprint density at radius 1 is 0.410 bits per heavy atom. The van der Waals surface area contributed by atoms with Crippen molar-refractivity contribution in [2.75, 3.05) is 40.9 Å². The van der Waals surface area contributed by atoms with Gasteiger partial charge in [0.1, 0.15) is 13.2 Å². The third-order valence-corrected chi connectivity index (χ3v) is 18.0. The maximum atomic E-state index is 13.0. The first-order valence-corrected chi connectivity index (χ1v) is 38.3. The van der Waals surface area contributed by atoms with E-state index in [4.69, 9.17) is 9.05 Å². The highest BCUT2D eigenvalue weighted by Crippen LogP contribution is 2.38. The number of quaternary nitrogens is 1. The molecule has 0 saturated carbocycles. The number of carbonyl (C=O) groups excluding carboxylic acids is 1. The van der Waals surface area contributed by atoms with E-state index in [9.17, 15) is 19.4 Å². The molecule has 0 aliphatic carbocycles. The predicted octanol–water partition coefficient (Wildman–Crippen LogP) is 23.0. The second-order valence-corrected chi connectivity index (χ2v) is 28.1. The van der Waals surface area contributed by atoms with Crippen LogP contribution < -0.4 is 10.2 Å². The number of rotatable bonds is 69. The Morgan fingerprint density at radius 3 is 0.976 bits per heavy atom. The highest BCUT2D eigenvalue weighted by atomic mass is 31.2. The fourth-order valence-electron chi connectivity index (χ4n) is 11.4. The van der Waals surface area contributed by atoms with E-state index in [0.29, 0.717) is 17.4 Å². The molecule has 0 aromatic carbocycles. The lowest BCUT2D eigenvalue weighted by Crippen LogP contribution is -2.45. The molecule has 0 aliphatic heterocycles. The molecule has 3 unspecified atom stereocenters. The van der Waals surface area contributed by atoms with Gasteiger partial charge in [0.05, 0.1) is 39.9 Å². The van der Waals surface area contributed by atoms with Crippen LogP contribution in [-0.2, 0) is 18.4 Å². The molecule has 83 heavy (non-hydrogen) atoms. The molecule has 8 nitrogen and oxygen atoms in total. The van der Waals surface area contributed by atoms with Crippen LogP contribution in [0.1, 0.15) is 380 Å². The number of likely N-dealkylation sites (N-methyl/N-ethyl adjacent to an activating group) is 1. The number of carbonyl (C=O) groups is 1. The van der Waals surface area contributed by atoms with E-state index < -0.39 is 26.6 Å². The zero-order valence-electron chi connectivity index (χ0n) is 56.4. The van der Waals surface area contributed by atoms with Gasteiger partial charge in [0.15, 0.2) is 0 Å². The van der Waals surface area contributed by atoms with Crippen LogP contribution in [0.3, 0.4) is 0 Å². The standard InChI is InChI=1S/C74H145N2O6P/c1-6-8-10-12-14-16-18-20-22-24-26-28-30-32-34-35-36-37-38-39-40-41-42-44-46-48-50-52-54-56-58-60-62-64-66-68-74(78)75-72(71-82-83(79,80)81-70-69-76(3,4)5)73(77)67-65-63-61-59-57-55-53-51-49-47-45-43-33-31-29-27-25-23-21-19-17-15-13-11-9-7-2/h49,51,57,59,65,67,72-73,77H,6-48,50,52-56,58,60-64,66,68-71H2,1-5H3,(H-,75,78,79,80)/b51-49+,59-57+,67-65+. The molecule has 1 amide bonds. The Morgan fingerprint density at radius 2 is 0.675 bits per heavy atom. The molecule has 0 rings (SSSR count). The van der Waals surface area contributed by atoms with Gasteiger partial charge in [0.2, 0.25) is 5.91 Å². The lowest BCUT2D eigenvalue weighted by Gasteiger charge is -2.29. The number of nitrogens with one attached hydrogen (secondary N) is 1. The molecule has 0 heterocycles.